The van der Waals surface area contributed by atoms with E-state index in [4.69, 9.17) is 4.74 Å². The third-order valence-corrected chi connectivity index (χ3v) is 4.37. The van der Waals surface area contributed by atoms with E-state index in [1.165, 1.54) is 24.3 Å². The number of anilines is 1. The molecule has 3 rings (SSSR count). The van der Waals surface area contributed by atoms with E-state index < -0.39 is 5.82 Å². The molecule has 1 amide bonds. The van der Waals surface area contributed by atoms with Crippen LogP contribution in [0.5, 0.6) is 5.75 Å². The summed E-state index contributed by atoms with van der Waals surface area (Å²) in [5, 5.41) is 7.04. The summed E-state index contributed by atoms with van der Waals surface area (Å²) < 4.78 is 20.2. The molecule has 0 bridgehead atoms. The van der Waals surface area contributed by atoms with Crippen LogP contribution in [0.15, 0.2) is 48.5 Å². The largest absolute Gasteiger partial charge is 0.484 e. The van der Waals surface area contributed by atoms with Crippen molar-refractivity contribution in [1.82, 2.24) is 9.78 Å². The standard InChI is InChI=1S/C21H20FN3O3/c1-13-20(14(2)25(3)24-13)23-19(26)12-28-18-10-6-16(7-11-18)21(27)15-4-8-17(22)9-5-15/h4-11H,12H2,1-3H3,(H,23,26). The number of hydrogen-bond donors (Lipinski definition) is 1. The van der Waals surface area contributed by atoms with Gasteiger partial charge in [0, 0.05) is 18.2 Å². The molecule has 2 aromatic carbocycles. The molecule has 0 aliphatic heterocycles. The number of carbonyl (C=O) groups excluding carboxylic acids is 2. The molecule has 0 fully saturated rings. The fraction of sp³-hybridized carbons (Fsp3) is 0.190. The molecular formula is C21H20FN3O3. The number of aromatic nitrogens is 2. The Morgan fingerprint density at radius 2 is 1.61 bits per heavy atom. The average Bonchev–Trinajstić information content (AvgIpc) is 2.93. The minimum Gasteiger partial charge on any atom is -0.484 e. The topological polar surface area (TPSA) is 73.2 Å². The first-order chi connectivity index (χ1) is 13.3. The summed E-state index contributed by atoms with van der Waals surface area (Å²) in [6.45, 7) is 3.52. The first-order valence-corrected chi connectivity index (χ1v) is 8.68. The summed E-state index contributed by atoms with van der Waals surface area (Å²) in [6, 6.07) is 11.8. The van der Waals surface area contributed by atoms with Crippen molar-refractivity contribution in [2.45, 2.75) is 13.8 Å². The van der Waals surface area contributed by atoms with Crippen molar-refractivity contribution in [3.8, 4) is 5.75 Å². The maximum Gasteiger partial charge on any atom is 0.262 e. The van der Waals surface area contributed by atoms with Crippen molar-refractivity contribution in [1.29, 1.82) is 0 Å². The highest BCUT2D eigenvalue weighted by Crippen LogP contribution is 2.19. The van der Waals surface area contributed by atoms with E-state index in [1.54, 1.807) is 28.9 Å². The van der Waals surface area contributed by atoms with E-state index in [0.29, 0.717) is 22.6 Å². The SMILES string of the molecule is Cc1nn(C)c(C)c1NC(=O)COc1ccc(C(=O)c2ccc(F)cc2)cc1. The minimum absolute atomic E-state index is 0.168. The molecule has 3 aromatic rings. The highest BCUT2D eigenvalue weighted by Gasteiger charge is 2.13. The van der Waals surface area contributed by atoms with Crippen LogP contribution in [-0.4, -0.2) is 28.1 Å². The van der Waals surface area contributed by atoms with E-state index in [1.807, 2.05) is 20.9 Å². The van der Waals surface area contributed by atoms with Gasteiger partial charge >= 0.3 is 0 Å². The predicted molar refractivity (Wildman–Crippen MR) is 103 cm³/mol. The fourth-order valence-corrected chi connectivity index (χ4v) is 2.75. The number of nitrogens with one attached hydrogen (secondary N) is 1. The zero-order valence-electron chi connectivity index (χ0n) is 15.8. The van der Waals surface area contributed by atoms with Crippen LogP contribution in [0.3, 0.4) is 0 Å². The average molecular weight is 381 g/mol. The van der Waals surface area contributed by atoms with Crippen LogP contribution in [0.1, 0.15) is 27.3 Å². The molecule has 0 unspecified atom stereocenters. The Kier molecular flexibility index (Phi) is 5.54. The quantitative estimate of drug-likeness (QED) is 0.664. The van der Waals surface area contributed by atoms with Crippen molar-refractivity contribution in [2.24, 2.45) is 7.05 Å². The van der Waals surface area contributed by atoms with Crippen molar-refractivity contribution >= 4 is 17.4 Å². The second kappa shape index (κ2) is 8.04. The Morgan fingerprint density at radius 1 is 1.04 bits per heavy atom. The van der Waals surface area contributed by atoms with Gasteiger partial charge in [-0.1, -0.05) is 0 Å². The fourth-order valence-electron chi connectivity index (χ4n) is 2.75. The smallest absolute Gasteiger partial charge is 0.262 e. The van der Waals surface area contributed by atoms with E-state index in [2.05, 4.69) is 10.4 Å². The van der Waals surface area contributed by atoms with E-state index in [-0.39, 0.29) is 18.3 Å². The summed E-state index contributed by atoms with van der Waals surface area (Å²) >= 11 is 0. The van der Waals surface area contributed by atoms with Crippen molar-refractivity contribution in [3.63, 3.8) is 0 Å². The Morgan fingerprint density at radius 3 is 2.14 bits per heavy atom. The first kappa shape index (κ1) is 19.3. The molecule has 1 N–H and O–H groups in total. The maximum absolute atomic E-state index is 13.0. The highest BCUT2D eigenvalue weighted by atomic mass is 19.1. The predicted octanol–water partition coefficient (Wildman–Crippen LogP) is 3.42. The number of rotatable bonds is 6. The van der Waals surface area contributed by atoms with Crippen molar-refractivity contribution < 1.29 is 18.7 Å². The van der Waals surface area contributed by atoms with Gasteiger partial charge in [0.05, 0.1) is 17.1 Å². The number of ether oxygens (including phenoxy) is 1. The number of halogens is 1. The Balaban J connectivity index is 1.59. The van der Waals surface area contributed by atoms with Crippen molar-refractivity contribution in [3.05, 3.63) is 76.9 Å². The third-order valence-electron chi connectivity index (χ3n) is 4.37. The van der Waals surface area contributed by atoms with E-state index >= 15 is 0 Å². The normalized spacial score (nSPS) is 10.6. The molecule has 0 spiro atoms. The number of benzene rings is 2. The van der Waals surface area contributed by atoms with Gasteiger partial charge in [-0.25, -0.2) is 4.39 Å². The molecule has 0 radical (unpaired) electrons. The molecule has 0 aliphatic rings. The van der Waals surface area contributed by atoms with Gasteiger partial charge in [0.15, 0.2) is 12.4 Å². The molecule has 7 heteroatoms. The van der Waals surface area contributed by atoms with Crippen LogP contribution in [0.2, 0.25) is 0 Å². The second-order valence-electron chi connectivity index (χ2n) is 6.37. The molecule has 0 saturated heterocycles. The van der Waals surface area contributed by atoms with Crippen molar-refractivity contribution in [2.75, 3.05) is 11.9 Å². The molecule has 0 saturated carbocycles. The van der Waals surface area contributed by atoms with Crippen LogP contribution in [0.4, 0.5) is 10.1 Å². The van der Waals surface area contributed by atoms with Gasteiger partial charge in [0.1, 0.15) is 11.6 Å². The first-order valence-electron chi connectivity index (χ1n) is 8.68. The lowest BCUT2D eigenvalue weighted by atomic mass is 10.0. The van der Waals surface area contributed by atoms with Crippen LogP contribution in [0, 0.1) is 19.7 Å². The van der Waals surface area contributed by atoms with Crippen LogP contribution >= 0.6 is 0 Å². The van der Waals surface area contributed by atoms with Gasteiger partial charge in [0.2, 0.25) is 0 Å². The molecule has 144 valence electrons. The lowest BCUT2D eigenvalue weighted by molar-refractivity contribution is -0.118. The molecule has 1 aromatic heterocycles. The summed E-state index contributed by atoms with van der Waals surface area (Å²) in [5.41, 5.74) is 3.12. The summed E-state index contributed by atoms with van der Waals surface area (Å²) in [6.07, 6.45) is 0. The lowest BCUT2D eigenvalue weighted by Crippen LogP contribution is -2.21. The third kappa shape index (κ3) is 4.25. The van der Waals surface area contributed by atoms with Crippen LogP contribution in [-0.2, 0) is 11.8 Å². The molecule has 0 atom stereocenters. The number of carbonyl (C=O) groups is 2. The minimum atomic E-state index is -0.393. The number of aryl methyl sites for hydroxylation is 2. The molecule has 0 aliphatic carbocycles. The van der Waals surface area contributed by atoms with Gasteiger partial charge in [-0.3, -0.25) is 14.3 Å². The van der Waals surface area contributed by atoms with E-state index in [9.17, 15) is 14.0 Å². The summed E-state index contributed by atoms with van der Waals surface area (Å²) in [7, 11) is 1.81. The Labute approximate surface area is 161 Å². The Bertz CT molecular complexity index is 1010. The molecule has 1 heterocycles. The monoisotopic (exact) mass is 381 g/mol. The van der Waals surface area contributed by atoms with Gasteiger partial charge in [-0.15, -0.1) is 0 Å². The van der Waals surface area contributed by atoms with Gasteiger partial charge < -0.3 is 10.1 Å². The Hall–Kier alpha value is -3.48. The van der Waals surface area contributed by atoms with Gasteiger partial charge in [0.25, 0.3) is 5.91 Å². The lowest BCUT2D eigenvalue weighted by Gasteiger charge is -2.08. The van der Waals surface area contributed by atoms with E-state index in [0.717, 1.165) is 11.4 Å². The molecule has 28 heavy (non-hydrogen) atoms. The zero-order chi connectivity index (χ0) is 20.3. The second-order valence-corrected chi connectivity index (χ2v) is 6.37. The van der Waals surface area contributed by atoms with Crippen LogP contribution in [0.25, 0.3) is 0 Å². The summed E-state index contributed by atoms with van der Waals surface area (Å²) in [4.78, 5) is 24.5. The highest BCUT2D eigenvalue weighted by molar-refractivity contribution is 6.09. The number of ketones is 1. The van der Waals surface area contributed by atoms with Gasteiger partial charge in [-0.2, -0.15) is 5.10 Å². The number of hydrogen-bond acceptors (Lipinski definition) is 4. The molecule has 6 nitrogen and oxygen atoms in total. The molecular weight excluding hydrogens is 361 g/mol. The zero-order valence-corrected chi connectivity index (χ0v) is 15.8. The number of amides is 1. The number of nitrogens with zero attached hydrogens (tertiary/aromatic N) is 2. The maximum atomic E-state index is 13.0. The van der Waals surface area contributed by atoms with Gasteiger partial charge in [-0.05, 0) is 62.4 Å². The van der Waals surface area contributed by atoms with Crippen LogP contribution < -0.4 is 10.1 Å². The summed E-state index contributed by atoms with van der Waals surface area (Å²) in [5.74, 6) is -0.446.